The monoisotopic (exact) mass is 483 g/mol. The second kappa shape index (κ2) is 8.72. The van der Waals surface area contributed by atoms with Crippen LogP contribution in [0.15, 0.2) is 46.0 Å². The standard InChI is InChI=1S/C24H31F2N9/c1-23(2,3)19-11-20(34-33-19)30-21-17-13-29-35(16-6-8-28-9-7-16)22(17)32-24(27,31-21)12-14-4-5-15(25)10-18(14)26/h4-5,10-11,13,16,28-29H,6-9,12,27H2,1-3H3,(H2,30,31,33,34). The maximum atomic E-state index is 14.5. The van der Waals surface area contributed by atoms with Crippen LogP contribution in [0.25, 0.3) is 0 Å². The van der Waals surface area contributed by atoms with Crippen LogP contribution in [0.2, 0.25) is 0 Å². The molecule has 1 atom stereocenters. The van der Waals surface area contributed by atoms with E-state index in [1.807, 2.05) is 17.3 Å². The Morgan fingerprint density at radius 3 is 2.63 bits per heavy atom. The molecule has 1 unspecified atom stereocenters. The van der Waals surface area contributed by atoms with Crippen molar-refractivity contribution in [3.63, 3.8) is 0 Å². The van der Waals surface area contributed by atoms with Crippen molar-refractivity contribution in [1.29, 1.82) is 0 Å². The van der Waals surface area contributed by atoms with Gasteiger partial charge in [0.2, 0.25) is 5.79 Å². The maximum absolute atomic E-state index is 14.5. The molecule has 2 aromatic rings. The van der Waals surface area contributed by atoms with Crippen LogP contribution in [-0.2, 0) is 11.8 Å². The molecule has 0 spiro atoms. The van der Waals surface area contributed by atoms with E-state index < -0.39 is 17.4 Å². The first-order valence-corrected chi connectivity index (χ1v) is 11.8. The van der Waals surface area contributed by atoms with E-state index in [1.165, 1.54) is 12.1 Å². The molecular formula is C24H31F2N9. The molecule has 35 heavy (non-hydrogen) atoms. The Balaban J connectivity index is 1.50. The highest BCUT2D eigenvalue weighted by molar-refractivity contribution is 6.28. The van der Waals surface area contributed by atoms with Gasteiger partial charge in [-0.25, -0.2) is 18.8 Å². The molecule has 9 nitrogen and oxygen atoms in total. The molecule has 3 aliphatic rings. The molecule has 186 valence electrons. The molecule has 4 heterocycles. The van der Waals surface area contributed by atoms with Gasteiger partial charge >= 0.3 is 0 Å². The van der Waals surface area contributed by atoms with Gasteiger partial charge in [0.15, 0.2) is 11.7 Å². The lowest BCUT2D eigenvalue weighted by Crippen LogP contribution is -2.53. The smallest absolute Gasteiger partial charge is 0.210 e. The fourth-order valence-corrected chi connectivity index (χ4v) is 4.49. The number of benzene rings is 1. The van der Waals surface area contributed by atoms with Crippen molar-refractivity contribution in [3.05, 3.63) is 58.9 Å². The van der Waals surface area contributed by atoms with Gasteiger partial charge in [-0.15, -0.1) is 0 Å². The van der Waals surface area contributed by atoms with Crippen LogP contribution in [0.4, 0.5) is 14.6 Å². The second-order valence-corrected chi connectivity index (χ2v) is 10.3. The van der Waals surface area contributed by atoms with E-state index in [4.69, 9.17) is 15.7 Å². The highest BCUT2D eigenvalue weighted by atomic mass is 19.1. The Labute approximate surface area is 202 Å². The lowest BCUT2D eigenvalue weighted by Gasteiger charge is -2.36. The summed E-state index contributed by atoms with van der Waals surface area (Å²) in [5.41, 5.74) is 11.8. The topological polar surface area (TPSA) is 119 Å². The maximum Gasteiger partial charge on any atom is 0.210 e. The number of aliphatic imine (C=N–C) groups is 2. The zero-order valence-corrected chi connectivity index (χ0v) is 20.1. The number of rotatable bonds is 4. The number of amidine groups is 2. The third-order valence-electron chi connectivity index (χ3n) is 6.45. The fourth-order valence-electron chi connectivity index (χ4n) is 4.49. The van der Waals surface area contributed by atoms with Crippen LogP contribution < -0.4 is 21.8 Å². The minimum absolute atomic E-state index is 0.0328. The summed E-state index contributed by atoms with van der Waals surface area (Å²) in [7, 11) is 0. The van der Waals surface area contributed by atoms with Crippen LogP contribution in [0.3, 0.4) is 0 Å². The van der Waals surface area contributed by atoms with E-state index in [-0.39, 0.29) is 23.4 Å². The number of hydrogen-bond donors (Lipinski definition) is 5. The van der Waals surface area contributed by atoms with Gasteiger partial charge in [-0.3, -0.25) is 15.8 Å². The summed E-state index contributed by atoms with van der Waals surface area (Å²) in [5.74, 6) is -1.10. The minimum atomic E-state index is -1.49. The summed E-state index contributed by atoms with van der Waals surface area (Å²) in [6.07, 6.45) is 3.69. The molecule has 0 bridgehead atoms. The van der Waals surface area contributed by atoms with Gasteiger partial charge in [-0.05, 0) is 37.6 Å². The molecule has 1 fully saturated rings. The van der Waals surface area contributed by atoms with Crippen molar-refractivity contribution in [2.24, 2.45) is 15.7 Å². The number of hydrogen-bond acceptors (Lipinski definition) is 8. The number of fused-ring (bicyclic) bond motifs is 1. The van der Waals surface area contributed by atoms with Crippen molar-refractivity contribution >= 4 is 17.5 Å². The third-order valence-corrected chi connectivity index (χ3v) is 6.45. The first-order valence-electron chi connectivity index (χ1n) is 11.8. The number of anilines is 1. The summed E-state index contributed by atoms with van der Waals surface area (Å²) in [6.45, 7) is 8.09. The van der Waals surface area contributed by atoms with Crippen LogP contribution in [-0.4, -0.2) is 51.8 Å². The molecule has 1 saturated heterocycles. The predicted molar refractivity (Wildman–Crippen MR) is 132 cm³/mol. The van der Waals surface area contributed by atoms with Gasteiger partial charge in [0.1, 0.15) is 17.5 Å². The quantitative estimate of drug-likeness (QED) is 0.456. The van der Waals surface area contributed by atoms with Gasteiger partial charge in [-0.1, -0.05) is 26.8 Å². The van der Waals surface area contributed by atoms with Crippen molar-refractivity contribution in [3.8, 4) is 0 Å². The Morgan fingerprint density at radius 1 is 1.17 bits per heavy atom. The normalized spacial score (nSPS) is 22.8. The van der Waals surface area contributed by atoms with Crippen LogP contribution in [0.1, 0.15) is 44.9 Å². The largest absolute Gasteiger partial charge is 0.323 e. The number of nitrogens with two attached hydrogens (primary N) is 1. The van der Waals surface area contributed by atoms with Crippen LogP contribution in [0.5, 0.6) is 0 Å². The van der Waals surface area contributed by atoms with E-state index >= 15 is 0 Å². The molecule has 1 aromatic carbocycles. The van der Waals surface area contributed by atoms with Crippen molar-refractivity contribution in [2.75, 3.05) is 18.4 Å². The molecule has 0 aliphatic carbocycles. The number of nitrogens with one attached hydrogen (secondary N) is 4. The van der Waals surface area contributed by atoms with E-state index in [0.29, 0.717) is 17.5 Å². The number of piperidine rings is 1. The molecule has 0 radical (unpaired) electrons. The van der Waals surface area contributed by atoms with E-state index in [2.05, 4.69) is 47.0 Å². The molecule has 0 saturated carbocycles. The second-order valence-electron chi connectivity index (χ2n) is 10.3. The summed E-state index contributed by atoms with van der Waals surface area (Å²) >= 11 is 0. The third kappa shape index (κ3) is 4.78. The minimum Gasteiger partial charge on any atom is -0.323 e. The lowest BCUT2D eigenvalue weighted by molar-refractivity contribution is 0.220. The lowest BCUT2D eigenvalue weighted by atomic mass is 9.92. The molecule has 1 aromatic heterocycles. The molecule has 11 heteroatoms. The SMILES string of the molecule is CC(C)(C)c1cc(NC2=NC(N)(Cc3ccc(F)cc3F)N=C3C2=CNN3C2CCNCC2)n[nH]1. The highest BCUT2D eigenvalue weighted by Gasteiger charge is 2.40. The number of H-pyrrole nitrogens is 1. The molecule has 6 N–H and O–H groups in total. The van der Waals surface area contributed by atoms with Crippen molar-refractivity contribution in [2.45, 2.75) is 57.3 Å². The van der Waals surface area contributed by atoms with E-state index in [0.717, 1.165) is 43.3 Å². The summed E-state index contributed by atoms with van der Waals surface area (Å²) in [6, 6.07) is 5.59. The number of hydrazine groups is 1. The number of aromatic amines is 1. The molecule has 0 amide bonds. The molecule has 3 aliphatic heterocycles. The summed E-state index contributed by atoms with van der Waals surface area (Å²) in [5, 5.41) is 16.1. The summed E-state index contributed by atoms with van der Waals surface area (Å²) in [4.78, 5) is 9.48. The summed E-state index contributed by atoms with van der Waals surface area (Å²) < 4.78 is 28.0. The van der Waals surface area contributed by atoms with Gasteiger partial charge < -0.3 is 16.1 Å². The first-order chi connectivity index (χ1) is 16.6. The van der Waals surface area contributed by atoms with Gasteiger partial charge in [0.25, 0.3) is 0 Å². The number of halogens is 2. The Hall–Kier alpha value is -3.31. The fraction of sp³-hybridized carbons (Fsp3) is 0.458. The van der Waals surface area contributed by atoms with E-state index in [1.54, 1.807) is 0 Å². The van der Waals surface area contributed by atoms with Gasteiger partial charge in [0, 0.05) is 35.9 Å². The van der Waals surface area contributed by atoms with Crippen molar-refractivity contribution < 1.29 is 8.78 Å². The van der Waals surface area contributed by atoms with Gasteiger partial charge in [0.05, 0.1) is 11.6 Å². The van der Waals surface area contributed by atoms with Crippen LogP contribution in [0, 0.1) is 11.6 Å². The Morgan fingerprint density at radius 2 is 1.94 bits per heavy atom. The predicted octanol–water partition coefficient (Wildman–Crippen LogP) is 2.52. The number of aromatic nitrogens is 2. The Kier molecular flexibility index (Phi) is 5.84. The number of nitrogens with zero attached hydrogens (tertiary/aromatic N) is 4. The zero-order chi connectivity index (χ0) is 24.8. The average Bonchev–Trinajstić information content (AvgIpc) is 3.43. The van der Waals surface area contributed by atoms with Gasteiger partial charge in [-0.2, -0.15) is 5.10 Å². The molecular weight excluding hydrogens is 452 g/mol. The van der Waals surface area contributed by atoms with Crippen molar-refractivity contribution in [1.82, 2.24) is 25.9 Å². The van der Waals surface area contributed by atoms with Crippen LogP contribution >= 0.6 is 0 Å². The average molecular weight is 484 g/mol. The Bertz CT molecular complexity index is 1200. The first kappa shape index (κ1) is 23.4. The zero-order valence-electron chi connectivity index (χ0n) is 20.1. The highest BCUT2D eigenvalue weighted by Crippen LogP contribution is 2.30. The molecule has 5 rings (SSSR count). The van der Waals surface area contributed by atoms with E-state index in [9.17, 15) is 8.78 Å².